The van der Waals surface area contributed by atoms with Crippen molar-refractivity contribution in [2.45, 2.75) is 104 Å². The summed E-state index contributed by atoms with van der Waals surface area (Å²) >= 11 is 0. The molecular formula is C36H60N4+2. The van der Waals surface area contributed by atoms with Crippen LogP contribution in [0.25, 0.3) is 0 Å². The van der Waals surface area contributed by atoms with Gasteiger partial charge in [0.05, 0.1) is 0 Å². The minimum Gasteiger partial charge on any atom is -0.313 e. The molecule has 3 aliphatic heterocycles. The Balaban J connectivity index is 1.17. The fourth-order valence-corrected chi connectivity index (χ4v) is 6.98. The number of fused-ring (bicyclic) bond motifs is 3. The fourth-order valence-electron chi connectivity index (χ4n) is 6.98. The monoisotopic (exact) mass is 548 g/mol. The van der Waals surface area contributed by atoms with Gasteiger partial charge in [-0.1, -0.05) is 102 Å². The van der Waals surface area contributed by atoms with E-state index in [1.165, 1.54) is 148 Å². The summed E-state index contributed by atoms with van der Waals surface area (Å²) in [6.07, 6.45) is 16.4. The van der Waals surface area contributed by atoms with Crippen molar-refractivity contribution >= 4 is 11.4 Å². The summed E-state index contributed by atoms with van der Waals surface area (Å²) in [7, 11) is 0. The Kier molecular flexibility index (Phi) is 13.0. The van der Waals surface area contributed by atoms with Gasteiger partial charge in [-0.3, -0.25) is 8.97 Å². The average Bonchev–Trinajstić information content (AvgIpc) is 3.01. The van der Waals surface area contributed by atoms with Crippen LogP contribution in [0, 0.1) is 0 Å². The summed E-state index contributed by atoms with van der Waals surface area (Å²) < 4.78 is 2.37. The van der Waals surface area contributed by atoms with Gasteiger partial charge in [-0.25, -0.2) is 0 Å². The minimum absolute atomic E-state index is 1.000. The first kappa shape index (κ1) is 31.2. The van der Waals surface area contributed by atoms with Crippen molar-refractivity contribution in [3.8, 4) is 0 Å². The molecule has 2 aromatic rings. The molecule has 2 N–H and O–H groups in total. The van der Waals surface area contributed by atoms with Crippen molar-refractivity contribution in [1.29, 1.82) is 0 Å². The zero-order valence-electron chi connectivity index (χ0n) is 26.1. The van der Waals surface area contributed by atoms with Crippen LogP contribution in [0.2, 0.25) is 0 Å². The smallest absolute Gasteiger partial charge is 0.134 e. The first-order valence-corrected chi connectivity index (χ1v) is 17.0. The molecule has 4 heteroatoms. The number of nitrogens with one attached hydrogen (secondary N) is 2. The maximum Gasteiger partial charge on any atom is 0.134 e. The van der Waals surface area contributed by atoms with E-state index in [2.05, 4.69) is 73.0 Å². The van der Waals surface area contributed by atoms with Crippen LogP contribution < -0.4 is 19.6 Å². The highest BCUT2D eigenvalue weighted by Gasteiger charge is 2.51. The second kappa shape index (κ2) is 16.7. The molecule has 0 spiro atoms. The van der Waals surface area contributed by atoms with Crippen LogP contribution in [0.4, 0.5) is 11.4 Å². The van der Waals surface area contributed by atoms with Gasteiger partial charge in [0.1, 0.15) is 50.6 Å². The first-order chi connectivity index (χ1) is 19.7. The molecule has 0 saturated carbocycles. The molecule has 0 atom stereocenters. The van der Waals surface area contributed by atoms with Crippen molar-refractivity contribution in [1.82, 2.24) is 19.6 Å². The van der Waals surface area contributed by atoms with Crippen molar-refractivity contribution in [3.63, 3.8) is 0 Å². The van der Waals surface area contributed by atoms with Gasteiger partial charge in [-0.05, 0) is 61.3 Å². The topological polar surface area (TPSA) is 24.1 Å². The number of hydrogen-bond acceptors (Lipinski definition) is 2. The molecule has 3 saturated heterocycles. The van der Waals surface area contributed by atoms with E-state index in [4.69, 9.17) is 0 Å². The minimum atomic E-state index is 1.000. The van der Waals surface area contributed by atoms with Crippen molar-refractivity contribution in [3.05, 3.63) is 59.7 Å². The predicted molar refractivity (Wildman–Crippen MR) is 176 cm³/mol. The Bertz CT molecular complexity index is 848. The summed E-state index contributed by atoms with van der Waals surface area (Å²) in [6, 6.07) is 19.2. The van der Waals surface area contributed by atoms with Crippen LogP contribution >= 0.6 is 0 Å². The Labute approximate surface area is 246 Å². The van der Waals surface area contributed by atoms with Crippen LogP contribution in [0.1, 0.15) is 102 Å². The highest BCUT2D eigenvalue weighted by molar-refractivity contribution is 5.51. The Morgan fingerprint density at radius 3 is 1.12 bits per heavy atom. The number of quaternary nitrogens is 2. The number of benzene rings is 2. The quantitative estimate of drug-likeness (QED) is 0.130. The lowest BCUT2D eigenvalue weighted by Gasteiger charge is -2.54. The molecule has 0 aromatic heterocycles. The largest absolute Gasteiger partial charge is 0.313 e. The molecule has 3 heterocycles. The van der Waals surface area contributed by atoms with Crippen molar-refractivity contribution < 1.29 is 0 Å². The lowest BCUT2D eigenvalue weighted by atomic mass is 10.0. The second-order valence-electron chi connectivity index (χ2n) is 12.9. The lowest BCUT2D eigenvalue weighted by molar-refractivity contribution is 0.0717. The van der Waals surface area contributed by atoms with E-state index in [0.29, 0.717) is 0 Å². The number of piperazine rings is 3. The zero-order valence-corrected chi connectivity index (χ0v) is 26.1. The molecule has 2 aromatic carbocycles. The van der Waals surface area contributed by atoms with Gasteiger partial charge in [0.15, 0.2) is 0 Å². The maximum atomic E-state index is 3.66. The molecule has 4 nitrogen and oxygen atoms in total. The third-order valence-electron chi connectivity index (χ3n) is 9.91. The van der Waals surface area contributed by atoms with E-state index in [0.717, 1.165) is 26.2 Å². The number of hydrogen-bond donors (Lipinski definition) is 2. The molecule has 0 aliphatic carbocycles. The zero-order chi connectivity index (χ0) is 27.9. The van der Waals surface area contributed by atoms with Gasteiger partial charge in [-0.2, -0.15) is 0 Å². The second-order valence-corrected chi connectivity index (χ2v) is 12.9. The number of unbranched alkanes of at least 4 members (excludes halogenated alkanes) is 10. The lowest BCUT2D eigenvalue weighted by Crippen LogP contribution is -2.77. The number of rotatable bonds is 20. The van der Waals surface area contributed by atoms with Crippen molar-refractivity contribution in [2.24, 2.45) is 0 Å². The maximum absolute atomic E-state index is 3.66. The van der Waals surface area contributed by atoms with E-state index in [-0.39, 0.29) is 0 Å². The normalized spacial score (nSPS) is 22.1. The first-order valence-electron chi connectivity index (χ1n) is 17.0. The van der Waals surface area contributed by atoms with E-state index < -0.39 is 0 Å². The van der Waals surface area contributed by atoms with E-state index in [9.17, 15) is 0 Å². The summed E-state index contributed by atoms with van der Waals surface area (Å²) in [5.74, 6) is 0. The highest BCUT2D eigenvalue weighted by atomic mass is 15.5. The molecule has 3 aliphatic rings. The Morgan fingerprint density at radius 2 is 0.775 bits per heavy atom. The molecular weight excluding hydrogens is 488 g/mol. The molecule has 3 fully saturated rings. The van der Waals surface area contributed by atoms with Crippen LogP contribution in [0.3, 0.4) is 0 Å². The molecule has 0 unspecified atom stereocenters. The van der Waals surface area contributed by atoms with Crippen LogP contribution in [-0.2, 0) is 13.1 Å². The van der Waals surface area contributed by atoms with Gasteiger partial charge in [0.2, 0.25) is 0 Å². The highest BCUT2D eigenvalue weighted by Crippen LogP contribution is 2.36. The SMILES string of the molecule is CCCCCCCCNCc1ccc([N+]23CC[N+](c4ccc(CNCCCCCCCC)cc4)(CC2)CC3)cc1. The van der Waals surface area contributed by atoms with Crippen LogP contribution in [0.15, 0.2) is 48.5 Å². The van der Waals surface area contributed by atoms with E-state index in [1.54, 1.807) is 0 Å². The summed E-state index contributed by atoms with van der Waals surface area (Å²) in [5.41, 5.74) is 5.91. The van der Waals surface area contributed by atoms with Gasteiger partial charge >= 0.3 is 0 Å². The molecule has 2 bridgehead atoms. The molecule has 40 heavy (non-hydrogen) atoms. The van der Waals surface area contributed by atoms with E-state index in [1.807, 2.05) is 0 Å². The van der Waals surface area contributed by atoms with E-state index >= 15 is 0 Å². The molecule has 0 amide bonds. The van der Waals surface area contributed by atoms with Gasteiger partial charge in [-0.15, -0.1) is 0 Å². The standard InChI is InChI=1S/C36H60N4/c1-3-5-7-9-11-13-23-37-31-33-15-19-35(20-16-33)39-25-28-40(29-26-39,30-27-39)36-21-17-34(18-22-36)32-38-24-14-12-10-8-6-4-2/h15-22,37-38H,3-14,23-32H2,1-2H3/q+2. The fraction of sp³-hybridized carbons (Fsp3) is 0.667. The van der Waals surface area contributed by atoms with Gasteiger partial charge in [0, 0.05) is 13.1 Å². The average molecular weight is 549 g/mol. The van der Waals surface area contributed by atoms with Gasteiger partial charge in [0.25, 0.3) is 0 Å². The summed E-state index contributed by atoms with van der Waals surface area (Å²) in [6.45, 7) is 16.4. The third kappa shape index (κ3) is 8.89. The molecule has 222 valence electrons. The predicted octanol–water partition coefficient (Wildman–Crippen LogP) is 7.93. The summed E-state index contributed by atoms with van der Waals surface area (Å²) in [5, 5.41) is 7.33. The van der Waals surface area contributed by atoms with Crippen LogP contribution in [0.5, 0.6) is 0 Å². The van der Waals surface area contributed by atoms with Crippen molar-refractivity contribution in [2.75, 3.05) is 52.4 Å². The summed E-state index contributed by atoms with van der Waals surface area (Å²) in [4.78, 5) is 0. The third-order valence-corrected chi connectivity index (χ3v) is 9.91. The Morgan fingerprint density at radius 1 is 0.450 bits per heavy atom. The Hall–Kier alpha value is -1.72. The number of nitrogens with zero attached hydrogens (tertiary/aromatic N) is 2. The molecule has 5 rings (SSSR count). The van der Waals surface area contributed by atoms with Crippen LogP contribution in [-0.4, -0.2) is 52.4 Å². The van der Waals surface area contributed by atoms with Gasteiger partial charge < -0.3 is 10.6 Å². The molecule has 0 radical (unpaired) electrons.